The molecule has 1 saturated carbocycles. The van der Waals surface area contributed by atoms with Crippen molar-refractivity contribution in [1.29, 1.82) is 0 Å². The molecule has 2 rings (SSSR count). The van der Waals surface area contributed by atoms with Crippen LogP contribution in [0.5, 0.6) is 0 Å². The van der Waals surface area contributed by atoms with Gasteiger partial charge in [0.05, 0.1) is 5.92 Å². The molecule has 1 aliphatic heterocycles. The van der Waals surface area contributed by atoms with Crippen molar-refractivity contribution >= 4 is 5.91 Å². The molecule has 3 atom stereocenters. The third-order valence-electron chi connectivity index (χ3n) is 4.85. The van der Waals surface area contributed by atoms with Crippen molar-refractivity contribution in [2.45, 2.75) is 45.2 Å². The largest absolute Gasteiger partial charge is 0.391 e. The number of hydrogen-bond acceptors (Lipinski definition) is 2. The number of rotatable bonds is 2. The van der Waals surface area contributed by atoms with Gasteiger partial charge in [0.25, 0.3) is 0 Å². The molecule has 0 bridgehead atoms. The van der Waals surface area contributed by atoms with Crippen LogP contribution in [0.25, 0.3) is 0 Å². The third kappa shape index (κ3) is 3.27. The predicted octanol–water partition coefficient (Wildman–Crippen LogP) is 2.55. The Bertz CT molecular complexity index is 372. The second kappa shape index (κ2) is 5.54. The molecule has 0 aromatic heterocycles. The minimum atomic E-state index is -4.17. The average molecular weight is 292 g/mol. The van der Waals surface area contributed by atoms with Crippen LogP contribution in [-0.4, -0.2) is 36.6 Å². The van der Waals surface area contributed by atoms with Crippen molar-refractivity contribution in [2.24, 2.45) is 23.0 Å². The molecule has 0 radical (unpaired) electrons. The van der Waals surface area contributed by atoms with Crippen LogP contribution >= 0.6 is 0 Å². The smallest absolute Gasteiger partial charge is 0.342 e. The fourth-order valence-electron chi connectivity index (χ4n) is 3.35. The highest BCUT2D eigenvalue weighted by Gasteiger charge is 2.45. The van der Waals surface area contributed by atoms with Crippen molar-refractivity contribution in [3.8, 4) is 0 Å². The molecule has 0 aromatic rings. The topological polar surface area (TPSA) is 46.3 Å². The van der Waals surface area contributed by atoms with Gasteiger partial charge >= 0.3 is 6.18 Å². The van der Waals surface area contributed by atoms with Crippen LogP contribution in [0.2, 0.25) is 0 Å². The maximum absolute atomic E-state index is 12.8. The number of carbonyl (C=O) groups excluding carboxylic acids is 1. The molecule has 20 heavy (non-hydrogen) atoms. The van der Waals surface area contributed by atoms with Gasteiger partial charge in [-0.15, -0.1) is 0 Å². The molecule has 1 saturated heterocycles. The lowest BCUT2D eigenvalue weighted by atomic mass is 9.80. The zero-order valence-electron chi connectivity index (χ0n) is 11.9. The maximum atomic E-state index is 12.8. The van der Waals surface area contributed by atoms with Crippen LogP contribution in [0.3, 0.4) is 0 Å². The molecule has 2 N–H and O–H groups in total. The summed E-state index contributed by atoms with van der Waals surface area (Å²) in [6.07, 6.45) is -2.14. The summed E-state index contributed by atoms with van der Waals surface area (Å²) in [5, 5.41) is 0. The Morgan fingerprint density at radius 2 is 2.10 bits per heavy atom. The molecular weight excluding hydrogens is 269 g/mol. The van der Waals surface area contributed by atoms with Crippen molar-refractivity contribution in [3.63, 3.8) is 0 Å². The van der Waals surface area contributed by atoms with Crippen LogP contribution in [-0.2, 0) is 4.79 Å². The number of amides is 1. The molecular formula is C14H23F3N2O. The van der Waals surface area contributed by atoms with Crippen molar-refractivity contribution < 1.29 is 18.0 Å². The fraction of sp³-hybridized carbons (Fsp3) is 0.929. The van der Waals surface area contributed by atoms with Crippen LogP contribution in [0.1, 0.15) is 39.0 Å². The number of halogens is 3. The van der Waals surface area contributed by atoms with Crippen LogP contribution in [0.15, 0.2) is 0 Å². The first-order valence-electron chi connectivity index (χ1n) is 7.31. The summed E-state index contributed by atoms with van der Waals surface area (Å²) >= 11 is 0. The minimum absolute atomic E-state index is 0.0435. The Morgan fingerprint density at radius 3 is 2.65 bits per heavy atom. The summed E-state index contributed by atoms with van der Waals surface area (Å²) in [7, 11) is 0. The van der Waals surface area contributed by atoms with E-state index in [1.54, 1.807) is 4.90 Å². The van der Waals surface area contributed by atoms with Gasteiger partial charge in [-0.1, -0.05) is 13.3 Å². The molecule has 0 aromatic carbocycles. The summed E-state index contributed by atoms with van der Waals surface area (Å²) < 4.78 is 38.4. The summed E-state index contributed by atoms with van der Waals surface area (Å²) in [4.78, 5) is 14.1. The van der Waals surface area contributed by atoms with E-state index in [1.165, 1.54) is 0 Å². The van der Waals surface area contributed by atoms with Crippen molar-refractivity contribution in [2.75, 3.05) is 19.6 Å². The molecule has 3 unspecified atom stereocenters. The first kappa shape index (κ1) is 15.6. The zero-order valence-corrected chi connectivity index (χ0v) is 11.9. The monoisotopic (exact) mass is 292 g/mol. The highest BCUT2D eigenvalue weighted by molar-refractivity contribution is 5.79. The Morgan fingerprint density at radius 1 is 1.40 bits per heavy atom. The summed E-state index contributed by atoms with van der Waals surface area (Å²) in [6.45, 7) is 3.74. The van der Waals surface area contributed by atoms with Gasteiger partial charge in [-0.2, -0.15) is 13.2 Å². The molecule has 0 spiro atoms. The van der Waals surface area contributed by atoms with Gasteiger partial charge in [-0.3, -0.25) is 4.79 Å². The second-order valence-electron chi connectivity index (χ2n) is 6.63. The first-order valence-corrected chi connectivity index (χ1v) is 7.31. The standard InChI is InChI=1S/C14H23F3N2O/c1-13(8-18)5-6-19(9-13)12(20)10-3-2-4-11(7-10)14(15,16)17/h10-11H,2-9,18H2,1H3. The molecule has 2 fully saturated rings. The maximum Gasteiger partial charge on any atom is 0.391 e. The predicted molar refractivity (Wildman–Crippen MR) is 69.9 cm³/mol. The van der Waals surface area contributed by atoms with E-state index in [2.05, 4.69) is 0 Å². The van der Waals surface area contributed by atoms with E-state index in [9.17, 15) is 18.0 Å². The highest BCUT2D eigenvalue weighted by Crippen LogP contribution is 2.41. The van der Waals surface area contributed by atoms with Gasteiger partial charge in [0.15, 0.2) is 0 Å². The summed E-state index contributed by atoms with van der Waals surface area (Å²) in [5.74, 6) is -1.87. The van der Waals surface area contributed by atoms with E-state index < -0.39 is 18.0 Å². The SMILES string of the molecule is CC1(CN)CCN(C(=O)C2CCCC(C(F)(F)F)C2)C1. The number of hydrogen-bond donors (Lipinski definition) is 1. The van der Waals surface area contributed by atoms with E-state index in [-0.39, 0.29) is 24.2 Å². The van der Waals surface area contributed by atoms with Gasteiger partial charge in [-0.25, -0.2) is 0 Å². The molecule has 1 amide bonds. The van der Waals surface area contributed by atoms with Crippen molar-refractivity contribution in [3.05, 3.63) is 0 Å². The van der Waals surface area contributed by atoms with E-state index in [0.717, 1.165) is 6.42 Å². The third-order valence-corrected chi connectivity index (χ3v) is 4.85. The van der Waals surface area contributed by atoms with E-state index >= 15 is 0 Å². The van der Waals surface area contributed by atoms with E-state index in [1.807, 2.05) is 6.92 Å². The summed E-state index contributed by atoms with van der Waals surface area (Å²) in [5.41, 5.74) is 5.63. The van der Waals surface area contributed by atoms with Gasteiger partial charge < -0.3 is 10.6 Å². The Hall–Kier alpha value is -0.780. The van der Waals surface area contributed by atoms with Crippen molar-refractivity contribution in [1.82, 2.24) is 4.90 Å². The highest BCUT2D eigenvalue weighted by atomic mass is 19.4. The molecule has 116 valence electrons. The normalized spacial score (nSPS) is 35.4. The molecule has 2 aliphatic rings. The van der Waals surface area contributed by atoms with Gasteiger partial charge in [0.1, 0.15) is 0 Å². The number of likely N-dealkylation sites (tertiary alicyclic amines) is 1. The number of nitrogens with zero attached hydrogens (tertiary/aromatic N) is 1. The quantitative estimate of drug-likeness (QED) is 0.850. The summed E-state index contributed by atoms with van der Waals surface area (Å²) in [6, 6.07) is 0. The van der Waals surface area contributed by atoms with E-state index in [0.29, 0.717) is 32.5 Å². The second-order valence-corrected chi connectivity index (χ2v) is 6.63. The Kier molecular flexibility index (Phi) is 4.33. The molecule has 1 aliphatic carbocycles. The lowest BCUT2D eigenvalue weighted by Crippen LogP contribution is -2.40. The number of nitrogens with two attached hydrogens (primary N) is 1. The molecule has 1 heterocycles. The van der Waals surface area contributed by atoms with Gasteiger partial charge in [0.2, 0.25) is 5.91 Å². The molecule has 6 heteroatoms. The van der Waals surface area contributed by atoms with Crippen LogP contribution in [0.4, 0.5) is 13.2 Å². The zero-order chi connectivity index (χ0) is 15.0. The van der Waals surface area contributed by atoms with Crippen LogP contribution in [0, 0.1) is 17.3 Å². The van der Waals surface area contributed by atoms with Gasteiger partial charge in [-0.05, 0) is 37.6 Å². The Balaban J connectivity index is 1.96. The minimum Gasteiger partial charge on any atom is -0.342 e. The Labute approximate surface area is 117 Å². The lowest BCUT2D eigenvalue weighted by Gasteiger charge is -2.32. The fourth-order valence-corrected chi connectivity index (χ4v) is 3.35. The number of alkyl halides is 3. The molecule has 3 nitrogen and oxygen atoms in total. The van der Waals surface area contributed by atoms with E-state index in [4.69, 9.17) is 5.73 Å². The van der Waals surface area contributed by atoms with Gasteiger partial charge in [0, 0.05) is 19.0 Å². The average Bonchev–Trinajstić information content (AvgIpc) is 2.80. The van der Waals surface area contributed by atoms with Crippen LogP contribution < -0.4 is 5.73 Å². The number of carbonyl (C=O) groups is 1. The first-order chi connectivity index (χ1) is 9.25. The lowest BCUT2D eigenvalue weighted by molar-refractivity contribution is -0.187.